The van der Waals surface area contributed by atoms with E-state index < -0.39 is 0 Å². The molecule has 1 unspecified atom stereocenters. The van der Waals surface area contributed by atoms with E-state index in [9.17, 15) is 0 Å². The summed E-state index contributed by atoms with van der Waals surface area (Å²) in [6, 6.07) is 2.21. The van der Waals surface area contributed by atoms with Crippen molar-refractivity contribution in [2.24, 2.45) is 0 Å². The first-order valence-electron chi connectivity index (χ1n) is 4.55. The highest BCUT2D eigenvalue weighted by Gasteiger charge is 2.24. The van der Waals surface area contributed by atoms with Gasteiger partial charge in [0.05, 0.1) is 4.47 Å². The molecule has 2 rings (SSSR count). The normalized spacial score (nSPS) is 19.8. The van der Waals surface area contributed by atoms with E-state index in [-0.39, 0.29) is 0 Å². The molecule has 1 atom stereocenters. The second kappa shape index (κ2) is 3.02. The summed E-state index contributed by atoms with van der Waals surface area (Å²) >= 11 is 3.57. The van der Waals surface area contributed by atoms with Crippen LogP contribution in [-0.2, 0) is 6.42 Å². The van der Waals surface area contributed by atoms with Crippen molar-refractivity contribution in [1.29, 1.82) is 0 Å². The van der Waals surface area contributed by atoms with Gasteiger partial charge in [-0.25, -0.2) is 0 Å². The maximum Gasteiger partial charge on any atom is 0.137 e. The summed E-state index contributed by atoms with van der Waals surface area (Å²) in [4.78, 5) is 0. The molecule has 1 aromatic rings. The van der Waals surface area contributed by atoms with Gasteiger partial charge in [-0.1, -0.05) is 6.07 Å². The highest BCUT2D eigenvalue weighted by atomic mass is 79.9. The summed E-state index contributed by atoms with van der Waals surface area (Å²) in [5, 5.41) is 0. The summed E-state index contributed by atoms with van der Waals surface area (Å²) in [6.45, 7) is 6.37. The number of fused-ring (bicyclic) bond motifs is 1. The van der Waals surface area contributed by atoms with Gasteiger partial charge in [-0.05, 0) is 47.8 Å². The van der Waals surface area contributed by atoms with Gasteiger partial charge in [0.2, 0.25) is 0 Å². The lowest BCUT2D eigenvalue weighted by atomic mass is 10.0. The van der Waals surface area contributed by atoms with E-state index in [0.717, 1.165) is 16.6 Å². The lowest BCUT2D eigenvalue weighted by Crippen LogP contribution is -2.05. The zero-order valence-corrected chi connectivity index (χ0v) is 9.73. The van der Waals surface area contributed by atoms with Gasteiger partial charge >= 0.3 is 0 Å². The molecule has 13 heavy (non-hydrogen) atoms. The van der Waals surface area contributed by atoms with Crippen molar-refractivity contribution >= 4 is 15.9 Å². The molecule has 0 bridgehead atoms. The van der Waals surface area contributed by atoms with Crippen LogP contribution in [0.1, 0.15) is 23.6 Å². The van der Waals surface area contributed by atoms with Crippen LogP contribution in [-0.4, -0.2) is 6.10 Å². The lowest BCUT2D eigenvalue weighted by Gasteiger charge is -2.08. The standard InChI is InChI=1S/C11H13BrO/c1-6-4-7(2)10(12)11-9(6)5-8(3)13-11/h4,8H,5H2,1-3H3. The van der Waals surface area contributed by atoms with E-state index in [2.05, 4.69) is 42.8 Å². The molecule has 0 aromatic heterocycles. The minimum absolute atomic E-state index is 0.326. The Bertz CT molecular complexity index is 358. The Balaban J connectivity index is 2.62. The predicted molar refractivity (Wildman–Crippen MR) is 57.4 cm³/mol. The fraction of sp³-hybridized carbons (Fsp3) is 0.455. The second-order valence-corrected chi connectivity index (χ2v) is 4.56. The first-order chi connectivity index (χ1) is 6.09. The molecule has 0 saturated carbocycles. The molecular weight excluding hydrogens is 228 g/mol. The third kappa shape index (κ3) is 1.37. The van der Waals surface area contributed by atoms with Crippen LogP contribution in [0.5, 0.6) is 5.75 Å². The molecule has 0 radical (unpaired) electrons. The number of hydrogen-bond donors (Lipinski definition) is 0. The SMILES string of the molecule is Cc1cc(C)c2c(c1Br)OC(C)C2. The molecule has 1 aliphatic heterocycles. The molecule has 0 spiro atoms. The Kier molecular flexibility index (Phi) is 2.11. The number of aryl methyl sites for hydroxylation is 2. The summed E-state index contributed by atoms with van der Waals surface area (Å²) in [7, 11) is 0. The van der Waals surface area contributed by atoms with Crippen molar-refractivity contribution in [2.45, 2.75) is 33.3 Å². The maximum atomic E-state index is 5.75. The zero-order valence-electron chi connectivity index (χ0n) is 8.15. The largest absolute Gasteiger partial charge is 0.489 e. The topological polar surface area (TPSA) is 9.23 Å². The molecular formula is C11H13BrO. The van der Waals surface area contributed by atoms with Gasteiger partial charge in [-0.15, -0.1) is 0 Å². The predicted octanol–water partition coefficient (Wildman–Crippen LogP) is 3.39. The number of rotatable bonds is 0. The van der Waals surface area contributed by atoms with Gasteiger partial charge in [-0.3, -0.25) is 0 Å². The van der Waals surface area contributed by atoms with E-state index in [0.29, 0.717) is 6.10 Å². The van der Waals surface area contributed by atoms with Crippen LogP contribution in [0.2, 0.25) is 0 Å². The molecule has 0 aliphatic carbocycles. The molecule has 0 fully saturated rings. The minimum atomic E-state index is 0.326. The lowest BCUT2D eigenvalue weighted by molar-refractivity contribution is 0.253. The number of benzene rings is 1. The Morgan fingerprint density at radius 1 is 1.38 bits per heavy atom. The summed E-state index contributed by atoms with van der Waals surface area (Å²) in [5.74, 6) is 1.06. The summed E-state index contributed by atoms with van der Waals surface area (Å²) in [5.41, 5.74) is 3.97. The molecule has 1 heterocycles. The van der Waals surface area contributed by atoms with Crippen LogP contribution in [0, 0.1) is 13.8 Å². The van der Waals surface area contributed by atoms with Crippen LogP contribution in [0.3, 0.4) is 0 Å². The minimum Gasteiger partial charge on any atom is -0.489 e. The van der Waals surface area contributed by atoms with Crippen LogP contribution in [0.15, 0.2) is 10.5 Å². The van der Waals surface area contributed by atoms with Crippen molar-refractivity contribution in [3.05, 3.63) is 27.2 Å². The Labute approximate surface area is 87.2 Å². The quantitative estimate of drug-likeness (QED) is 0.676. The van der Waals surface area contributed by atoms with E-state index in [1.165, 1.54) is 16.7 Å². The maximum absolute atomic E-state index is 5.75. The van der Waals surface area contributed by atoms with E-state index >= 15 is 0 Å². The van der Waals surface area contributed by atoms with E-state index in [1.54, 1.807) is 0 Å². The Morgan fingerprint density at radius 3 is 2.77 bits per heavy atom. The fourth-order valence-corrected chi connectivity index (χ4v) is 2.32. The highest BCUT2D eigenvalue weighted by molar-refractivity contribution is 9.10. The molecule has 0 N–H and O–H groups in total. The van der Waals surface area contributed by atoms with Crippen molar-refractivity contribution in [3.8, 4) is 5.75 Å². The van der Waals surface area contributed by atoms with Gasteiger partial charge in [0.15, 0.2) is 0 Å². The molecule has 0 saturated heterocycles. The van der Waals surface area contributed by atoms with Gasteiger partial charge in [0.25, 0.3) is 0 Å². The average molecular weight is 241 g/mol. The summed E-state index contributed by atoms with van der Waals surface area (Å²) < 4.78 is 6.87. The summed E-state index contributed by atoms with van der Waals surface area (Å²) in [6.07, 6.45) is 1.37. The first-order valence-corrected chi connectivity index (χ1v) is 5.34. The molecule has 2 heteroatoms. The van der Waals surface area contributed by atoms with Gasteiger partial charge in [-0.2, -0.15) is 0 Å². The molecule has 0 amide bonds. The van der Waals surface area contributed by atoms with Crippen molar-refractivity contribution in [3.63, 3.8) is 0 Å². The van der Waals surface area contributed by atoms with Crippen molar-refractivity contribution in [2.75, 3.05) is 0 Å². The average Bonchev–Trinajstić information content (AvgIpc) is 2.44. The van der Waals surface area contributed by atoms with Crippen LogP contribution < -0.4 is 4.74 Å². The van der Waals surface area contributed by atoms with Gasteiger partial charge in [0, 0.05) is 12.0 Å². The van der Waals surface area contributed by atoms with Crippen LogP contribution in [0.4, 0.5) is 0 Å². The smallest absolute Gasteiger partial charge is 0.137 e. The zero-order chi connectivity index (χ0) is 9.59. The van der Waals surface area contributed by atoms with E-state index in [4.69, 9.17) is 4.74 Å². The van der Waals surface area contributed by atoms with Crippen molar-refractivity contribution < 1.29 is 4.74 Å². The molecule has 1 nitrogen and oxygen atoms in total. The molecule has 1 aliphatic rings. The third-order valence-electron chi connectivity index (χ3n) is 2.54. The van der Waals surface area contributed by atoms with Gasteiger partial charge < -0.3 is 4.74 Å². The van der Waals surface area contributed by atoms with E-state index in [1.807, 2.05) is 0 Å². The Morgan fingerprint density at radius 2 is 2.08 bits per heavy atom. The first kappa shape index (κ1) is 9.07. The number of halogens is 1. The third-order valence-corrected chi connectivity index (χ3v) is 3.52. The van der Waals surface area contributed by atoms with Crippen molar-refractivity contribution in [1.82, 2.24) is 0 Å². The second-order valence-electron chi connectivity index (χ2n) is 3.76. The fourth-order valence-electron chi connectivity index (χ4n) is 1.87. The van der Waals surface area contributed by atoms with Gasteiger partial charge in [0.1, 0.15) is 11.9 Å². The van der Waals surface area contributed by atoms with Crippen LogP contribution in [0.25, 0.3) is 0 Å². The molecule has 1 aromatic carbocycles. The number of hydrogen-bond acceptors (Lipinski definition) is 1. The molecule has 70 valence electrons. The Hall–Kier alpha value is -0.500. The number of ether oxygens (including phenoxy) is 1. The monoisotopic (exact) mass is 240 g/mol. The highest BCUT2D eigenvalue weighted by Crippen LogP contribution is 2.40. The van der Waals surface area contributed by atoms with Crippen LogP contribution >= 0.6 is 15.9 Å².